The van der Waals surface area contributed by atoms with Crippen LogP contribution in [0.3, 0.4) is 0 Å². The van der Waals surface area contributed by atoms with E-state index in [1.165, 1.54) is 19.3 Å². The molecule has 0 fully saturated rings. The normalized spacial score (nSPS) is 10.6. The highest BCUT2D eigenvalue weighted by Gasteiger charge is 2.11. The van der Waals surface area contributed by atoms with E-state index in [0.29, 0.717) is 40.3 Å². The lowest BCUT2D eigenvalue weighted by molar-refractivity contribution is -0.143. The summed E-state index contributed by atoms with van der Waals surface area (Å²) in [5, 5.41) is 3.63. The smallest absolute Gasteiger partial charge is 0.331 e. The number of benzene rings is 2. The Labute approximate surface area is 179 Å². The number of carbonyl (C=O) groups is 2. The van der Waals surface area contributed by atoms with Crippen molar-refractivity contribution < 1.29 is 23.8 Å². The maximum absolute atomic E-state index is 11.9. The summed E-state index contributed by atoms with van der Waals surface area (Å²) in [6, 6.07) is 10.4. The summed E-state index contributed by atoms with van der Waals surface area (Å²) in [5.41, 5.74) is 1.51. The fourth-order valence-electron chi connectivity index (χ4n) is 2.35. The third-order valence-electron chi connectivity index (χ3n) is 3.70. The maximum Gasteiger partial charge on any atom is 0.331 e. The summed E-state index contributed by atoms with van der Waals surface area (Å²) >= 11 is 12.0. The lowest BCUT2D eigenvalue weighted by Gasteiger charge is -2.11. The minimum Gasteiger partial charge on any atom is -0.491 e. The zero-order chi connectivity index (χ0) is 21.2. The van der Waals surface area contributed by atoms with E-state index in [1.807, 2.05) is 6.92 Å². The Balaban J connectivity index is 1.86. The molecule has 1 amide bonds. The molecule has 0 aromatic heterocycles. The van der Waals surface area contributed by atoms with Crippen LogP contribution >= 0.6 is 23.2 Å². The van der Waals surface area contributed by atoms with Crippen molar-refractivity contribution in [3.8, 4) is 11.5 Å². The second-order valence-electron chi connectivity index (χ2n) is 5.81. The van der Waals surface area contributed by atoms with Crippen molar-refractivity contribution in [1.29, 1.82) is 0 Å². The number of ether oxygens (including phenoxy) is 3. The highest BCUT2D eigenvalue weighted by molar-refractivity contribution is 6.32. The summed E-state index contributed by atoms with van der Waals surface area (Å²) in [5.74, 6) is -0.174. The van der Waals surface area contributed by atoms with Crippen LogP contribution in [0.1, 0.15) is 18.1 Å². The molecule has 0 aliphatic carbocycles. The number of methoxy groups -OCH3 is 1. The molecule has 0 unspecified atom stereocenters. The molecular formula is C21H21Cl2NO5. The topological polar surface area (TPSA) is 73.9 Å². The first-order chi connectivity index (χ1) is 13.9. The molecular weight excluding hydrogens is 417 g/mol. The number of hydrogen-bond acceptors (Lipinski definition) is 5. The van der Waals surface area contributed by atoms with Gasteiger partial charge in [0.2, 0.25) is 0 Å². The third kappa shape index (κ3) is 7.33. The maximum atomic E-state index is 11.9. The Morgan fingerprint density at radius 2 is 1.86 bits per heavy atom. The number of rotatable bonds is 9. The average Bonchev–Trinajstić information content (AvgIpc) is 2.70. The number of amides is 1. The predicted molar refractivity (Wildman–Crippen MR) is 112 cm³/mol. The molecule has 0 saturated heterocycles. The Morgan fingerprint density at radius 3 is 2.52 bits per heavy atom. The Kier molecular flexibility index (Phi) is 8.83. The van der Waals surface area contributed by atoms with E-state index in [1.54, 1.807) is 36.4 Å². The van der Waals surface area contributed by atoms with Gasteiger partial charge in [-0.15, -0.1) is 0 Å². The molecule has 0 saturated carbocycles. The molecule has 0 atom stereocenters. The van der Waals surface area contributed by atoms with Crippen molar-refractivity contribution in [2.75, 3.05) is 20.3 Å². The van der Waals surface area contributed by atoms with Gasteiger partial charge in [-0.25, -0.2) is 4.79 Å². The summed E-state index contributed by atoms with van der Waals surface area (Å²) < 4.78 is 15.6. The number of carbonyl (C=O) groups excluding carboxylic acids is 2. The van der Waals surface area contributed by atoms with Crippen LogP contribution in [0, 0.1) is 0 Å². The molecule has 29 heavy (non-hydrogen) atoms. The minimum absolute atomic E-state index is 0.313. The van der Waals surface area contributed by atoms with Crippen LogP contribution in [0.4, 0.5) is 0 Å². The standard InChI is InChI=1S/C21H21Cl2NO5/c1-3-28-18-11-15(10-17(23)21(18)27-2)6-9-20(26)29-13-19(25)24-12-14-4-7-16(22)8-5-14/h4-11H,3,12-13H2,1-2H3,(H,24,25)/b9-6+. The number of halogens is 2. The van der Waals surface area contributed by atoms with Gasteiger partial charge in [-0.3, -0.25) is 4.79 Å². The molecule has 0 spiro atoms. The van der Waals surface area contributed by atoms with E-state index in [0.717, 1.165) is 5.56 Å². The van der Waals surface area contributed by atoms with Crippen molar-refractivity contribution in [1.82, 2.24) is 5.32 Å². The first-order valence-electron chi connectivity index (χ1n) is 8.79. The lowest BCUT2D eigenvalue weighted by atomic mass is 10.2. The average molecular weight is 438 g/mol. The van der Waals surface area contributed by atoms with E-state index >= 15 is 0 Å². The van der Waals surface area contributed by atoms with Gasteiger partial charge in [0.1, 0.15) is 0 Å². The van der Waals surface area contributed by atoms with Crippen LogP contribution in [0.2, 0.25) is 10.0 Å². The fraction of sp³-hybridized carbons (Fsp3) is 0.238. The molecule has 0 bridgehead atoms. The predicted octanol–water partition coefficient (Wildman–Crippen LogP) is 4.27. The molecule has 2 rings (SSSR count). The molecule has 0 aliphatic rings. The van der Waals surface area contributed by atoms with E-state index < -0.39 is 11.9 Å². The van der Waals surface area contributed by atoms with Crippen molar-refractivity contribution in [3.63, 3.8) is 0 Å². The van der Waals surface area contributed by atoms with Gasteiger partial charge in [0, 0.05) is 17.6 Å². The quantitative estimate of drug-likeness (QED) is 0.468. The van der Waals surface area contributed by atoms with Gasteiger partial charge in [0.25, 0.3) is 5.91 Å². The van der Waals surface area contributed by atoms with Crippen LogP contribution < -0.4 is 14.8 Å². The van der Waals surface area contributed by atoms with Gasteiger partial charge in [0.05, 0.1) is 18.7 Å². The number of esters is 1. The highest BCUT2D eigenvalue weighted by Crippen LogP contribution is 2.36. The van der Waals surface area contributed by atoms with Crippen molar-refractivity contribution in [2.45, 2.75) is 13.5 Å². The third-order valence-corrected chi connectivity index (χ3v) is 4.23. The van der Waals surface area contributed by atoms with E-state index in [9.17, 15) is 9.59 Å². The zero-order valence-corrected chi connectivity index (χ0v) is 17.5. The molecule has 0 aliphatic heterocycles. The molecule has 8 heteroatoms. The first kappa shape index (κ1) is 22.6. The van der Waals surface area contributed by atoms with Gasteiger partial charge in [-0.1, -0.05) is 35.3 Å². The van der Waals surface area contributed by atoms with E-state index in [4.69, 9.17) is 37.4 Å². The second kappa shape index (κ2) is 11.3. The van der Waals surface area contributed by atoms with E-state index in [-0.39, 0.29) is 6.61 Å². The molecule has 2 aromatic rings. The Morgan fingerprint density at radius 1 is 1.14 bits per heavy atom. The second-order valence-corrected chi connectivity index (χ2v) is 6.66. The Bertz CT molecular complexity index is 881. The summed E-state index contributed by atoms with van der Waals surface area (Å²) in [7, 11) is 1.49. The van der Waals surface area contributed by atoms with Crippen LogP contribution in [-0.2, 0) is 20.9 Å². The molecule has 0 heterocycles. The fourth-order valence-corrected chi connectivity index (χ4v) is 2.77. The zero-order valence-electron chi connectivity index (χ0n) is 16.0. The highest BCUT2D eigenvalue weighted by atomic mass is 35.5. The Hall–Kier alpha value is -2.70. The largest absolute Gasteiger partial charge is 0.491 e. The molecule has 0 radical (unpaired) electrons. The molecule has 154 valence electrons. The number of nitrogens with one attached hydrogen (secondary N) is 1. The van der Waals surface area contributed by atoms with Crippen LogP contribution in [0.25, 0.3) is 6.08 Å². The summed E-state index contributed by atoms with van der Waals surface area (Å²) in [6.07, 6.45) is 2.72. The minimum atomic E-state index is -0.656. The van der Waals surface area contributed by atoms with Gasteiger partial charge >= 0.3 is 5.97 Å². The molecule has 6 nitrogen and oxygen atoms in total. The monoisotopic (exact) mass is 437 g/mol. The molecule has 2 aromatic carbocycles. The summed E-state index contributed by atoms with van der Waals surface area (Å²) in [6.45, 7) is 2.20. The lowest BCUT2D eigenvalue weighted by Crippen LogP contribution is -2.28. The van der Waals surface area contributed by atoms with Crippen LogP contribution in [0.5, 0.6) is 11.5 Å². The number of hydrogen-bond donors (Lipinski definition) is 1. The van der Waals surface area contributed by atoms with Gasteiger partial charge in [-0.05, 0) is 48.4 Å². The van der Waals surface area contributed by atoms with Crippen molar-refractivity contribution in [3.05, 3.63) is 63.6 Å². The van der Waals surface area contributed by atoms with Crippen molar-refractivity contribution >= 4 is 41.2 Å². The van der Waals surface area contributed by atoms with Crippen molar-refractivity contribution in [2.24, 2.45) is 0 Å². The SMILES string of the molecule is CCOc1cc(/C=C/C(=O)OCC(=O)NCc2ccc(Cl)cc2)cc(Cl)c1OC. The summed E-state index contributed by atoms with van der Waals surface area (Å²) in [4.78, 5) is 23.7. The van der Waals surface area contributed by atoms with Crippen LogP contribution in [-0.4, -0.2) is 32.2 Å². The van der Waals surface area contributed by atoms with Gasteiger partial charge < -0.3 is 19.5 Å². The van der Waals surface area contributed by atoms with Gasteiger partial charge in [0.15, 0.2) is 18.1 Å². The van der Waals surface area contributed by atoms with Gasteiger partial charge in [-0.2, -0.15) is 0 Å². The van der Waals surface area contributed by atoms with Crippen LogP contribution in [0.15, 0.2) is 42.5 Å². The first-order valence-corrected chi connectivity index (χ1v) is 9.54. The molecule has 1 N–H and O–H groups in total. The van der Waals surface area contributed by atoms with E-state index in [2.05, 4.69) is 5.32 Å².